The maximum Gasteiger partial charge on any atom is 0.123 e. The number of aromatic nitrogens is 14. The van der Waals surface area contributed by atoms with Crippen molar-refractivity contribution < 1.29 is 4.39 Å². The Labute approximate surface area is 736 Å². The lowest BCUT2D eigenvalue weighted by Gasteiger charge is -2.11. The van der Waals surface area contributed by atoms with E-state index in [1.54, 1.807) is 12.3 Å². The summed E-state index contributed by atoms with van der Waals surface area (Å²) in [6.07, 6.45) is 18.3. The molecule has 0 aliphatic heterocycles. The molecule has 0 radical (unpaired) electrons. The van der Waals surface area contributed by atoms with Gasteiger partial charge in [-0.05, 0) is 256 Å². The van der Waals surface area contributed by atoms with Gasteiger partial charge in [-0.25, -0.2) is 24.3 Å². The van der Waals surface area contributed by atoms with Crippen LogP contribution in [0.4, 0.5) is 27.1 Å². The summed E-state index contributed by atoms with van der Waals surface area (Å²) in [7, 11) is 0. The molecule has 19 heteroatoms. The van der Waals surface area contributed by atoms with E-state index in [9.17, 15) is 4.39 Å². The number of benzene rings is 8. The molecule has 8 aromatic carbocycles. The number of aryl methyl sites for hydroxylation is 6. The highest BCUT2D eigenvalue weighted by atomic mass is 19.1. The van der Waals surface area contributed by atoms with Crippen molar-refractivity contribution >= 4 is 66.6 Å². The second kappa shape index (κ2) is 39.2. The van der Waals surface area contributed by atoms with E-state index in [1.807, 2.05) is 243 Å². The van der Waals surface area contributed by atoms with Crippen LogP contribution in [0.5, 0.6) is 0 Å². The molecule has 20 rings (SSSR count). The van der Waals surface area contributed by atoms with Crippen molar-refractivity contribution in [3.05, 3.63) is 421 Å². The normalized spacial score (nSPS) is 10.9. The molecule has 18 nitrogen and oxygen atoms in total. The third-order valence-corrected chi connectivity index (χ3v) is 21.5. The molecule has 0 spiro atoms. The van der Waals surface area contributed by atoms with E-state index >= 15 is 0 Å². The van der Waals surface area contributed by atoms with Crippen LogP contribution >= 0.6 is 0 Å². The Bertz CT molecular complexity index is 6730. The predicted molar refractivity (Wildman–Crippen MR) is 512 cm³/mol. The summed E-state index contributed by atoms with van der Waals surface area (Å²) in [5.41, 5.74) is 36.0. The zero-order chi connectivity index (χ0) is 86.8. The fourth-order valence-electron chi connectivity index (χ4n) is 14.9. The number of anilines is 4. The molecule has 0 aliphatic carbocycles. The topological polar surface area (TPSA) is 229 Å². The third-order valence-electron chi connectivity index (χ3n) is 21.5. The Balaban J connectivity index is 0.000000119. The number of para-hydroxylation sites is 2. The fourth-order valence-corrected chi connectivity index (χ4v) is 14.9. The van der Waals surface area contributed by atoms with Gasteiger partial charge in [0.1, 0.15) is 16.9 Å². The summed E-state index contributed by atoms with van der Waals surface area (Å²) in [4.78, 5) is 63.4. The van der Waals surface area contributed by atoms with Crippen molar-refractivity contribution in [1.29, 1.82) is 0 Å². The van der Waals surface area contributed by atoms with Crippen LogP contribution in [-0.4, -0.2) is 69.8 Å². The molecule has 0 saturated heterocycles. The maximum atomic E-state index is 13.6. The van der Waals surface area contributed by atoms with E-state index in [2.05, 4.69) is 210 Å². The van der Waals surface area contributed by atoms with E-state index in [0.29, 0.717) is 30.9 Å². The average molecular weight is 1660 g/mol. The minimum Gasteiger partial charge on any atom is -0.380 e. The van der Waals surface area contributed by atoms with Crippen molar-refractivity contribution in [2.45, 2.75) is 67.7 Å². The molecule has 20 aromatic rings. The zero-order valence-electron chi connectivity index (χ0n) is 71.0. The highest BCUT2D eigenvalue weighted by Crippen LogP contribution is 2.33. The molecule has 12 heterocycles. The van der Waals surface area contributed by atoms with Gasteiger partial charge >= 0.3 is 0 Å². The minimum atomic E-state index is -0.287. The Morgan fingerprint density at radius 2 is 0.528 bits per heavy atom. The minimum absolute atomic E-state index is 0.287. The Kier molecular flexibility index (Phi) is 25.6. The largest absolute Gasteiger partial charge is 0.380 e. The molecule has 0 fully saturated rings. The van der Waals surface area contributed by atoms with Crippen molar-refractivity contribution in [3.8, 4) is 89.8 Å². The van der Waals surface area contributed by atoms with Gasteiger partial charge in [0.15, 0.2) is 0 Å². The van der Waals surface area contributed by atoms with Crippen molar-refractivity contribution in [1.82, 2.24) is 69.8 Å². The molecule has 4 N–H and O–H groups in total. The molecule has 0 bridgehead atoms. The first-order valence-corrected chi connectivity index (χ1v) is 42.0. The number of hydrogen-bond donors (Lipinski definition) is 4. The summed E-state index contributed by atoms with van der Waals surface area (Å²) in [5.74, 6) is -0.287. The van der Waals surface area contributed by atoms with Crippen LogP contribution in [0.15, 0.2) is 359 Å². The van der Waals surface area contributed by atoms with Crippen molar-refractivity contribution in [3.63, 3.8) is 0 Å². The van der Waals surface area contributed by atoms with Crippen LogP contribution in [0.2, 0.25) is 0 Å². The molecular formula is C108H89FN18. The Morgan fingerprint density at radius 1 is 0.213 bits per heavy atom. The molecule has 0 aliphatic rings. The number of hydrogen-bond acceptors (Lipinski definition) is 18. The smallest absolute Gasteiger partial charge is 0.123 e. The van der Waals surface area contributed by atoms with Crippen LogP contribution < -0.4 is 21.3 Å². The van der Waals surface area contributed by atoms with Crippen molar-refractivity contribution in [2.24, 2.45) is 0 Å². The van der Waals surface area contributed by atoms with Gasteiger partial charge in [0.05, 0.1) is 80.0 Å². The summed E-state index contributed by atoms with van der Waals surface area (Å²) < 4.78 is 13.6. The van der Waals surface area contributed by atoms with E-state index < -0.39 is 0 Å². The first-order chi connectivity index (χ1) is 62.2. The van der Waals surface area contributed by atoms with Gasteiger partial charge in [0.2, 0.25) is 0 Å². The molecule has 12 aromatic heterocycles. The number of pyridine rings is 10. The van der Waals surface area contributed by atoms with E-state index in [0.717, 1.165) is 180 Å². The first-order valence-electron chi connectivity index (χ1n) is 42.0. The average Bonchev–Trinajstić information content (AvgIpc) is 0.806. The van der Waals surface area contributed by atoms with Gasteiger partial charge in [0, 0.05) is 165 Å². The standard InChI is InChI=1S/C28H24N4.C27H21FN4.C27H23N5.C26H21N5/c1-19-16-23(12-14-29-19)22-8-6-21(7-9-22)18-31-27-4-3-5-28-25(27)10-11-26(32-28)24-13-15-30-20(2)17-24;1-18-14-21(12-13-29-18)20-10-8-19(9-11-20)16-30-24-6-3-7-25-27(24)31-17-26(32-25)22-4-2-5-23(28)15-22;1-18-14-21(10-12-28-18)24-8-6-20(16-30-24)17-31-26-4-3-5-27-23(26)7-9-25(32-27)22-11-13-29-19(2)15-22;1-18-14-21(12-13-27-18)22-11-10-19(15-28-22)16-29-23-8-5-9-24-26(23)30-17-25(31-24)20-6-3-2-4-7-20/h3-17,31H,18H2,1-2H3;2-15,17,30H,16H2,1H3;3-16,31H,17H2,1-2H3;2-15,17,29H,16H2,1H3. The Morgan fingerprint density at radius 3 is 0.921 bits per heavy atom. The first kappa shape index (κ1) is 82.9. The number of rotatable bonds is 20. The van der Waals surface area contributed by atoms with Crippen LogP contribution in [0.3, 0.4) is 0 Å². The zero-order valence-corrected chi connectivity index (χ0v) is 71.0. The van der Waals surface area contributed by atoms with Crippen LogP contribution in [-0.2, 0) is 26.2 Å². The van der Waals surface area contributed by atoms with E-state index in [-0.39, 0.29) is 5.82 Å². The molecule has 127 heavy (non-hydrogen) atoms. The summed E-state index contributed by atoms with van der Waals surface area (Å²) in [5, 5.41) is 16.3. The molecule has 0 atom stereocenters. The maximum absolute atomic E-state index is 13.6. The third kappa shape index (κ3) is 21.0. The quantitative estimate of drug-likeness (QED) is 0.0556. The lowest BCUT2D eigenvalue weighted by atomic mass is 10.0. The fraction of sp³-hybridized carbons (Fsp3) is 0.0926. The number of nitrogens with one attached hydrogen (secondary N) is 4. The second-order valence-electron chi connectivity index (χ2n) is 30.9. The van der Waals surface area contributed by atoms with Crippen LogP contribution in [0, 0.1) is 47.4 Å². The lowest BCUT2D eigenvalue weighted by Crippen LogP contribution is -2.02. The highest BCUT2D eigenvalue weighted by Gasteiger charge is 2.15. The summed E-state index contributed by atoms with van der Waals surface area (Å²) in [6, 6.07) is 99.1. The van der Waals surface area contributed by atoms with Gasteiger partial charge in [-0.15, -0.1) is 0 Å². The van der Waals surface area contributed by atoms with E-state index in [1.165, 1.54) is 39.9 Å². The van der Waals surface area contributed by atoms with Crippen LogP contribution in [0.25, 0.3) is 134 Å². The van der Waals surface area contributed by atoms with Gasteiger partial charge in [0.25, 0.3) is 0 Å². The second-order valence-corrected chi connectivity index (χ2v) is 30.9. The highest BCUT2D eigenvalue weighted by molar-refractivity contribution is 5.95. The summed E-state index contributed by atoms with van der Waals surface area (Å²) >= 11 is 0. The number of nitrogens with zero attached hydrogens (tertiary/aromatic N) is 14. The van der Waals surface area contributed by atoms with Crippen LogP contribution in [0.1, 0.15) is 56.4 Å². The van der Waals surface area contributed by atoms with Crippen molar-refractivity contribution in [2.75, 3.05) is 21.3 Å². The number of fused-ring (bicyclic) bond motifs is 4. The Hall–Kier alpha value is -16.4. The predicted octanol–water partition coefficient (Wildman–Crippen LogP) is 24.7. The van der Waals surface area contributed by atoms with Gasteiger partial charge < -0.3 is 21.3 Å². The van der Waals surface area contributed by atoms with Gasteiger partial charge in [-0.3, -0.25) is 49.8 Å². The monoisotopic (exact) mass is 1660 g/mol. The molecule has 618 valence electrons. The lowest BCUT2D eigenvalue weighted by molar-refractivity contribution is 0.628. The molecule has 0 saturated carbocycles. The van der Waals surface area contributed by atoms with E-state index in [4.69, 9.17) is 15.0 Å². The summed E-state index contributed by atoms with van der Waals surface area (Å²) in [6.45, 7) is 14.7. The molecule has 0 unspecified atom stereocenters. The van der Waals surface area contributed by atoms with Gasteiger partial charge in [-0.1, -0.05) is 127 Å². The molecule has 0 amide bonds. The van der Waals surface area contributed by atoms with Gasteiger partial charge in [-0.2, -0.15) is 0 Å². The SMILES string of the molecule is Cc1cc(-c2ccc(CNc3cccc4nc(-c5cccc(F)c5)cnc34)cc2)ccn1.Cc1cc(-c2ccc(CNc3cccc4nc(-c5ccccc5)cnc34)cn2)ccn1.Cc1cc(-c2ccc(CNc3cccc4nc(-c5ccnc(C)c5)ccc34)cc2)ccn1.Cc1cc(-c2ccc(CNc3cccc4nc(-c5ccnc(C)c5)ccc34)cn2)ccn1. The molecular weight excluding hydrogens is 1570 g/mol. The number of halogens is 1.